The molecule has 18 heavy (non-hydrogen) atoms. The second-order valence-electron chi connectivity index (χ2n) is 6.43. The van der Waals surface area contributed by atoms with Crippen molar-refractivity contribution in [3.8, 4) is 0 Å². The van der Waals surface area contributed by atoms with Crippen molar-refractivity contribution in [3.63, 3.8) is 0 Å². The summed E-state index contributed by atoms with van der Waals surface area (Å²) >= 11 is 4.35. The molecule has 0 aromatic carbocycles. The minimum Gasteiger partial charge on any atom is -0.356 e. The van der Waals surface area contributed by atoms with Gasteiger partial charge in [0.1, 0.15) is 0 Å². The lowest BCUT2D eigenvalue weighted by Gasteiger charge is -2.28. The molecule has 0 saturated heterocycles. The zero-order valence-electron chi connectivity index (χ0n) is 11.6. The second kappa shape index (κ2) is 6.31. The average molecular weight is 269 g/mol. The molecule has 0 unspecified atom stereocenters. The van der Waals surface area contributed by atoms with Crippen LogP contribution in [0, 0.1) is 17.3 Å². The van der Waals surface area contributed by atoms with Crippen molar-refractivity contribution in [3.05, 3.63) is 0 Å². The van der Waals surface area contributed by atoms with Gasteiger partial charge in [0.05, 0.1) is 0 Å². The highest BCUT2D eigenvalue weighted by atomic mass is 32.1. The normalized spacial score (nSPS) is 29.9. The predicted molar refractivity (Wildman–Crippen MR) is 78.9 cm³/mol. The van der Waals surface area contributed by atoms with Crippen molar-refractivity contribution in [1.29, 1.82) is 0 Å². The van der Waals surface area contributed by atoms with E-state index in [0.29, 0.717) is 6.42 Å². The lowest BCUT2D eigenvalue weighted by atomic mass is 9.81. The number of rotatable bonds is 6. The van der Waals surface area contributed by atoms with Gasteiger partial charge < -0.3 is 5.32 Å². The Morgan fingerprint density at radius 3 is 2.33 bits per heavy atom. The maximum absolute atomic E-state index is 11.9. The molecule has 2 nitrogen and oxygen atoms in total. The fourth-order valence-corrected chi connectivity index (χ4v) is 3.50. The van der Waals surface area contributed by atoms with Crippen molar-refractivity contribution in [2.24, 2.45) is 17.3 Å². The molecule has 2 fully saturated rings. The Labute approximate surface area is 117 Å². The number of carbonyl (C=O) groups excluding carboxylic acids is 1. The van der Waals surface area contributed by atoms with Gasteiger partial charge in [-0.2, -0.15) is 12.6 Å². The van der Waals surface area contributed by atoms with Crippen LogP contribution in [0.25, 0.3) is 0 Å². The van der Waals surface area contributed by atoms with Crippen molar-refractivity contribution >= 4 is 18.5 Å². The Balaban J connectivity index is 1.61. The summed E-state index contributed by atoms with van der Waals surface area (Å²) < 4.78 is 0. The van der Waals surface area contributed by atoms with Crippen LogP contribution in [0.3, 0.4) is 0 Å². The van der Waals surface area contributed by atoms with Gasteiger partial charge in [-0.1, -0.05) is 26.2 Å². The maximum atomic E-state index is 11.9. The van der Waals surface area contributed by atoms with Gasteiger partial charge in [0.25, 0.3) is 0 Å². The number of hydrogen-bond acceptors (Lipinski definition) is 2. The van der Waals surface area contributed by atoms with Crippen LogP contribution in [-0.2, 0) is 4.79 Å². The molecule has 0 atom stereocenters. The third-order valence-corrected chi connectivity index (χ3v) is 5.63. The van der Waals surface area contributed by atoms with Gasteiger partial charge in [-0.15, -0.1) is 0 Å². The van der Waals surface area contributed by atoms with Crippen LogP contribution in [0.2, 0.25) is 0 Å². The Morgan fingerprint density at radius 1 is 1.22 bits per heavy atom. The fraction of sp³-hybridized carbons (Fsp3) is 0.933. The highest BCUT2D eigenvalue weighted by Crippen LogP contribution is 2.49. The minimum atomic E-state index is 0.249. The summed E-state index contributed by atoms with van der Waals surface area (Å²) in [6.07, 6.45) is 9.71. The fourth-order valence-electron chi connectivity index (χ4n) is 3.07. The Hall–Kier alpha value is -0.180. The third-order valence-electron chi connectivity index (χ3n) is 4.96. The summed E-state index contributed by atoms with van der Waals surface area (Å²) in [5.41, 5.74) is 0.257. The van der Waals surface area contributed by atoms with Crippen LogP contribution in [0.1, 0.15) is 58.3 Å². The first-order valence-corrected chi connectivity index (χ1v) is 8.18. The molecule has 0 aromatic rings. The van der Waals surface area contributed by atoms with Crippen molar-refractivity contribution in [2.75, 3.05) is 12.3 Å². The van der Waals surface area contributed by atoms with Gasteiger partial charge in [0, 0.05) is 13.0 Å². The summed E-state index contributed by atoms with van der Waals surface area (Å²) in [7, 11) is 0. The molecular weight excluding hydrogens is 242 g/mol. The molecule has 3 heteroatoms. The minimum absolute atomic E-state index is 0.249. The Morgan fingerprint density at radius 2 is 1.83 bits per heavy atom. The average Bonchev–Trinajstić information content (AvgIpc) is 3.17. The van der Waals surface area contributed by atoms with Crippen LogP contribution in [0.15, 0.2) is 0 Å². The number of carbonyl (C=O) groups is 1. The van der Waals surface area contributed by atoms with Gasteiger partial charge in [0.2, 0.25) is 5.91 Å². The summed E-state index contributed by atoms with van der Waals surface area (Å²) in [6, 6.07) is 0. The largest absolute Gasteiger partial charge is 0.356 e. The summed E-state index contributed by atoms with van der Waals surface area (Å²) in [6.45, 7) is 3.19. The van der Waals surface area contributed by atoms with Gasteiger partial charge >= 0.3 is 0 Å². The molecule has 0 heterocycles. The number of hydrogen-bond donors (Lipinski definition) is 2. The summed E-state index contributed by atoms with van der Waals surface area (Å²) in [4.78, 5) is 11.9. The van der Waals surface area contributed by atoms with E-state index in [1.807, 2.05) is 0 Å². The monoisotopic (exact) mass is 269 g/mol. The zero-order chi connectivity index (χ0) is 13.0. The van der Waals surface area contributed by atoms with E-state index in [9.17, 15) is 4.79 Å². The predicted octanol–water partition coefficient (Wildman–Crippen LogP) is 3.42. The lowest BCUT2D eigenvalue weighted by molar-refractivity contribution is -0.122. The SMILES string of the molecule is CCC1CCC(CNC(=O)CC2(CS)CC2)CC1. The van der Waals surface area contributed by atoms with E-state index in [1.54, 1.807) is 0 Å². The smallest absolute Gasteiger partial charge is 0.220 e. The summed E-state index contributed by atoms with van der Waals surface area (Å²) in [5, 5.41) is 3.14. The third kappa shape index (κ3) is 3.91. The first-order valence-electron chi connectivity index (χ1n) is 7.55. The van der Waals surface area contributed by atoms with Crippen LogP contribution in [0.4, 0.5) is 0 Å². The van der Waals surface area contributed by atoms with Gasteiger partial charge in [-0.3, -0.25) is 4.79 Å². The number of amides is 1. The molecule has 104 valence electrons. The molecule has 0 radical (unpaired) electrons. The highest BCUT2D eigenvalue weighted by molar-refractivity contribution is 7.80. The van der Waals surface area contributed by atoms with E-state index < -0.39 is 0 Å². The topological polar surface area (TPSA) is 29.1 Å². The number of thiol groups is 1. The molecule has 2 aliphatic rings. The Kier molecular flexibility index (Phi) is 4.99. The molecule has 2 aliphatic carbocycles. The van der Waals surface area contributed by atoms with E-state index in [4.69, 9.17) is 0 Å². The van der Waals surface area contributed by atoms with Crippen LogP contribution < -0.4 is 5.32 Å². The van der Waals surface area contributed by atoms with E-state index >= 15 is 0 Å². The molecule has 0 bridgehead atoms. The quantitative estimate of drug-likeness (QED) is 0.711. The van der Waals surface area contributed by atoms with Crippen LogP contribution in [-0.4, -0.2) is 18.2 Å². The number of nitrogens with one attached hydrogen (secondary N) is 1. The Bertz CT molecular complexity index is 280. The summed E-state index contributed by atoms with van der Waals surface area (Å²) in [5.74, 6) is 2.78. The molecule has 2 saturated carbocycles. The molecule has 0 spiro atoms. The van der Waals surface area contributed by atoms with Gasteiger partial charge in [-0.25, -0.2) is 0 Å². The molecular formula is C15H27NOS. The van der Waals surface area contributed by atoms with E-state index in [2.05, 4.69) is 24.9 Å². The molecule has 1 amide bonds. The van der Waals surface area contributed by atoms with E-state index in [1.165, 1.54) is 44.9 Å². The van der Waals surface area contributed by atoms with E-state index in [-0.39, 0.29) is 11.3 Å². The van der Waals surface area contributed by atoms with Crippen molar-refractivity contribution in [2.45, 2.75) is 58.3 Å². The first-order chi connectivity index (χ1) is 8.67. The second-order valence-corrected chi connectivity index (χ2v) is 6.75. The molecule has 1 N–H and O–H groups in total. The highest BCUT2D eigenvalue weighted by Gasteiger charge is 2.42. The lowest BCUT2D eigenvalue weighted by Crippen LogP contribution is -2.32. The molecule has 2 rings (SSSR count). The molecule has 0 aliphatic heterocycles. The standard InChI is InChI=1S/C15H27NOS/c1-2-12-3-5-13(6-4-12)10-16-14(17)9-15(11-18)7-8-15/h12-13,18H,2-11H2,1H3,(H,16,17). The van der Waals surface area contributed by atoms with E-state index in [0.717, 1.165) is 24.1 Å². The van der Waals surface area contributed by atoms with Crippen LogP contribution >= 0.6 is 12.6 Å². The first kappa shape index (κ1) is 14.2. The zero-order valence-corrected chi connectivity index (χ0v) is 12.5. The van der Waals surface area contributed by atoms with Crippen molar-refractivity contribution < 1.29 is 4.79 Å². The van der Waals surface area contributed by atoms with Crippen LogP contribution in [0.5, 0.6) is 0 Å². The van der Waals surface area contributed by atoms with Crippen molar-refractivity contribution in [1.82, 2.24) is 5.32 Å². The van der Waals surface area contributed by atoms with Gasteiger partial charge in [0.15, 0.2) is 0 Å². The van der Waals surface area contributed by atoms with Gasteiger partial charge in [-0.05, 0) is 48.7 Å². The maximum Gasteiger partial charge on any atom is 0.220 e. The molecule has 0 aromatic heterocycles.